The Bertz CT molecular complexity index is 745. The summed E-state index contributed by atoms with van der Waals surface area (Å²) in [6.07, 6.45) is 1.47. The number of carbonyl (C=O) groups excluding carboxylic acids is 2. The van der Waals surface area contributed by atoms with Crippen LogP contribution in [0.3, 0.4) is 0 Å². The van der Waals surface area contributed by atoms with E-state index in [2.05, 4.69) is 20.5 Å². The van der Waals surface area contributed by atoms with Crippen LogP contribution in [0.4, 0.5) is 5.69 Å². The lowest BCUT2D eigenvalue weighted by Crippen LogP contribution is -2.41. The van der Waals surface area contributed by atoms with Gasteiger partial charge >= 0.3 is 0 Å². The molecule has 1 saturated heterocycles. The molecule has 2 amide bonds. The molecule has 2 heterocycles. The third-order valence-electron chi connectivity index (χ3n) is 4.10. The number of aromatic nitrogens is 1. The van der Waals surface area contributed by atoms with Crippen molar-refractivity contribution in [3.63, 3.8) is 0 Å². The van der Waals surface area contributed by atoms with Gasteiger partial charge in [0.1, 0.15) is 5.69 Å². The van der Waals surface area contributed by atoms with Crippen LogP contribution in [0.5, 0.6) is 0 Å². The second-order valence-electron chi connectivity index (χ2n) is 5.96. The number of para-hydroxylation sites is 1. The monoisotopic (exact) mass is 354 g/mol. The molecule has 136 valence electrons. The van der Waals surface area contributed by atoms with Crippen LogP contribution in [0, 0.1) is 0 Å². The maximum Gasteiger partial charge on any atom is 0.274 e. The quantitative estimate of drug-likeness (QED) is 0.819. The normalized spacial score (nSPS) is 14.6. The lowest BCUT2D eigenvalue weighted by atomic mass is 10.2. The van der Waals surface area contributed by atoms with Gasteiger partial charge in [-0.15, -0.1) is 0 Å². The minimum absolute atomic E-state index is 0.203. The van der Waals surface area contributed by atoms with Crippen molar-refractivity contribution in [3.8, 4) is 0 Å². The average molecular weight is 354 g/mol. The highest BCUT2D eigenvalue weighted by Gasteiger charge is 2.13. The molecule has 0 saturated carbocycles. The van der Waals surface area contributed by atoms with E-state index in [0.717, 1.165) is 32.8 Å². The summed E-state index contributed by atoms with van der Waals surface area (Å²) in [6, 6.07) is 12.2. The predicted octanol–water partition coefficient (Wildman–Crippen LogP) is 1.40. The minimum Gasteiger partial charge on any atom is -0.379 e. The first-order valence-corrected chi connectivity index (χ1v) is 8.63. The molecule has 0 atom stereocenters. The lowest BCUT2D eigenvalue weighted by molar-refractivity contribution is 0.0383. The van der Waals surface area contributed by atoms with Crippen LogP contribution in [-0.2, 0) is 4.74 Å². The fourth-order valence-electron chi connectivity index (χ4n) is 2.67. The first kappa shape index (κ1) is 18.0. The van der Waals surface area contributed by atoms with E-state index in [9.17, 15) is 9.59 Å². The first-order chi connectivity index (χ1) is 12.7. The van der Waals surface area contributed by atoms with Gasteiger partial charge in [-0.2, -0.15) is 0 Å². The van der Waals surface area contributed by atoms with Crippen LogP contribution in [0.15, 0.2) is 48.7 Å². The summed E-state index contributed by atoms with van der Waals surface area (Å²) in [4.78, 5) is 30.9. The third-order valence-corrected chi connectivity index (χ3v) is 4.10. The largest absolute Gasteiger partial charge is 0.379 e. The molecule has 0 spiro atoms. The van der Waals surface area contributed by atoms with Crippen molar-refractivity contribution >= 4 is 17.5 Å². The number of nitrogens with one attached hydrogen (secondary N) is 2. The van der Waals surface area contributed by atoms with E-state index in [1.54, 1.807) is 18.2 Å². The second kappa shape index (κ2) is 9.07. The summed E-state index contributed by atoms with van der Waals surface area (Å²) >= 11 is 0. The van der Waals surface area contributed by atoms with Gasteiger partial charge < -0.3 is 15.4 Å². The van der Waals surface area contributed by atoms with E-state index >= 15 is 0 Å². The Morgan fingerprint density at radius 2 is 1.85 bits per heavy atom. The van der Waals surface area contributed by atoms with Crippen LogP contribution in [-0.4, -0.2) is 61.1 Å². The molecule has 1 aromatic heterocycles. The Morgan fingerprint density at radius 1 is 1.08 bits per heavy atom. The van der Waals surface area contributed by atoms with E-state index in [0.29, 0.717) is 17.8 Å². The topological polar surface area (TPSA) is 83.6 Å². The number of benzene rings is 1. The van der Waals surface area contributed by atoms with Gasteiger partial charge in [-0.25, -0.2) is 0 Å². The molecule has 1 aliphatic heterocycles. The molecular weight excluding hydrogens is 332 g/mol. The number of anilines is 1. The summed E-state index contributed by atoms with van der Waals surface area (Å²) in [6.45, 7) is 4.56. The standard InChI is InChI=1S/C19H22N4O3/c24-18(21-8-9-23-10-12-26-13-11-23)15-6-7-20-17(14-15)19(25)22-16-4-2-1-3-5-16/h1-7,14H,8-13H2,(H,21,24)(H,22,25). The molecule has 2 aromatic rings. The van der Waals surface area contributed by atoms with E-state index in [1.165, 1.54) is 12.3 Å². The van der Waals surface area contributed by atoms with E-state index < -0.39 is 0 Å². The number of pyridine rings is 1. The Morgan fingerprint density at radius 3 is 2.62 bits per heavy atom. The number of morpholine rings is 1. The number of carbonyl (C=O) groups is 2. The Labute approximate surface area is 152 Å². The maximum absolute atomic E-state index is 12.3. The summed E-state index contributed by atoms with van der Waals surface area (Å²) in [5.74, 6) is -0.561. The van der Waals surface area contributed by atoms with Gasteiger partial charge in [0, 0.05) is 43.6 Å². The van der Waals surface area contributed by atoms with Crippen LogP contribution in [0.25, 0.3) is 0 Å². The molecule has 0 bridgehead atoms. The average Bonchev–Trinajstić information content (AvgIpc) is 2.69. The highest BCUT2D eigenvalue weighted by Crippen LogP contribution is 2.09. The molecule has 1 aromatic carbocycles. The van der Waals surface area contributed by atoms with Crippen LogP contribution >= 0.6 is 0 Å². The predicted molar refractivity (Wildman–Crippen MR) is 98.2 cm³/mol. The highest BCUT2D eigenvalue weighted by molar-refractivity contribution is 6.04. The van der Waals surface area contributed by atoms with Crippen LogP contribution in [0.2, 0.25) is 0 Å². The SMILES string of the molecule is O=C(NCCN1CCOCC1)c1ccnc(C(=O)Nc2ccccc2)c1. The third kappa shape index (κ3) is 5.11. The maximum atomic E-state index is 12.3. The van der Waals surface area contributed by atoms with Gasteiger partial charge in [0.15, 0.2) is 0 Å². The molecule has 1 aliphatic rings. The van der Waals surface area contributed by atoms with E-state index in [1.807, 2.05) is 18.2 Å². The summed E-state index contributed by atoms with van der Waals surface area (Å²) in [5, 5.41) is 5.64. The van der Waals surface area contributed by atoms with Gasteiger partial charge in [0.05, 0.1) is 13.2 Å². The Kier molecular flexibility index (Phi) is 6.29. The molecule has 3 rings (SSSR count). The molecule has 0 unspecified atom stereocenters. The molecule has 0 radical (unpaired) electrons. The summed E-state index contributed by atoms with van der Waals surface area (Å²) in [5.41, 5.74) is 1.30. The van der Waals surface area contributed by atoms with Crippen molar-refractivity contribution in [2.75, 3.05) is 44.7 Å². The molecular formula is C19H22N4O3. The number of rotatable bonds is 6. The molecule has 0 aliphatic carbocycles. The molecule has 7 heteroatoms. The Hall–Kier alpha value is -2.77. The zero-order valence-corrected chi connectivity index (χ0v) is 14.5. The second-order valence-corrected chi connectivity index (χ2v) is 5.96. The number of ether oxygens (including phenoxy) is 1. The zero-order valence-electron chi connectivity index (χ0n) is 14.5. The fourth-order valence-corrected chi connectivity index (χ4v) is 2.67. The van der Waals surface area contributed by atoms with Gasteiger partial charge in [-0.05, 0) is 24.3 Å². The fraction of sp³-hybridized carbons (Fsp3) is 0.316. The minimum atomic E-state index is -0.348. The van der Waals surface area contributed by atoms with Gasteiger partial charge in [-0.3, -0.25) is 19.5 Å². The lowest BCUT2D eigenvalue weighted by Gasteiger charge is -2.26. The van der Waals surface area contributed by atoms with Crippen molar-refractivity contribution in [1.29, 1.82) is 0 Å². The zero-order chi connectivity index (χ0) is 18.2. The van der Waals surface area contributed by atoms with Gasteiger partial charge in [-0.1, -0.05) is 18.2 Å². The van der Waals surface area contributed by atoms with Crippen molar-refractivity contribution < 1.29 is 14.3 Å². The molecule has 1 fully saturated rings. The number of amides is 2. The summed E-state index contributed by atoms with van der Waals surface area (Å²) < 4.78 is 5.30. The van der Waals surface area contributed by atoms with Crippen molar-refractivity contribution in [1.82, 2.24) is 15.2 Å². The van der Waals surface area contributed by atoms with Crippen molar-refractivity contribution in [2.45, 2.75) is 0 Å². The van der Waals surface area contributed by atoms with Crippen molar-refractivity contribution in [3.05, 3.63) is 59.9 Å². The molecule has 7 nitrogen and oxygen atoms in total. The van der Waals surface area contributed by atoms with Crippen LogP contribution in [0.1, 0.15) is 20.8 Å². The van der Waals surface area contributed by atoms with Gasteiger partial charge in [0.25, 0.3) is 11.8 Å². The summed E-state index contributed by atoms with van der Waals surface area (Å²) in [7, 11) is 0. The first-order valence-electron chi connectivity index (χ1n) is 8.63. The van der Waals surface area contributed by atoms with E-state index in [-0.39, 0.29) is 17.5 Å². The molecule has 26 heavy (non-hydrogen) atoms. The number of hydrogen-bond donors (Lipinski definition) is 2. The smallest absolute Gasteiger partial charge is 0.274 e. The van der Waals surface area contributed by atoms with Crippen molar-refractivity contribution in [2.24, 2.45) is 0 Å². The number of hydrogen-bond acceptors (Lipinski definition) is 5. The van der Waals surface area contributed by atoms with E-state index in [4.69, 9.17) is 4.74 Å². The molecule has 2 N–H and O–H groups in total. The number of nitrogens with zero attached hydrogens (tertiary/aromatic N) is 2. The van der Waals surface area contributed by atoms with Crippen LogP contribution < -0.4 is 10.6 Å². The Balaban J connectivity index is 1.54. The van der Waals surface area contributed by atoms with Gasteiger partial charge in [0.2, 0.25) is 0 Å². The highest BCUT2D eigenvalue weighted by atomic mass is 16.5.